The average molecular weight is 298 g/mol. The third-order valence-corrected chi connectivity index (χ3v) is 6.48. The lowest BCUT2D eigenvalue weighted by molar-refractivity contribution is -0.367. The van der Waals surface area contributed by atoms with E-state index >= 15 is 0 Å². The van der Waals surface area contributed by atoms with Crippen molar-refractivity contribution in [1.82, 2.24) is 0 Å². The number of methoxy groups -OCH3 is 1. The molecule has 0 aliphatic carbocycles. The molecular formula is C13H16NO3S2+. The van der Waals surface area contributed by atoms with Gasteiger partial charge in [0.2, 0.25) is 0 Å². The highest BCUT2D eigenvalue weighted by Crippen LogP contribution is 2.34. The van der Waals surface area contributed by atoms with Crippen LogP contribution in [0.15, 0.2) is 46.0 Å². The van der Waals surface area contributed by atoms with E-state index in [1.807, 2.05) is 12.1 Å². The van der Waals surface area contributed by atoms with Gasteiger partial charge in [-0.15, -0.1) is 11.3 Å². The van der Waals surface area contributed by atoms with Crippen LogP contribution in [0.4, 0.5) is 0 Å². The van der Waals surface area contributed by atoms with Crippen LogP contribution in [0.3, 0.4) is 0 Å². The number of rotatable bonds is 5. The fourth-order valence-corrected chi connectivity index (χ4v) is 4.86. The predicted molar refractivity (Wildman–Crippen MR) is 75.0 cm³/mol. The fourth-order valence-electron chi connectivity index (χ4n) is 1.98. The maximum Gasteiger partial charge on any atom is 0.200 e. The number of quaternary nitrogens is 1. The zero-order chi connectivity index (χ0) is 13.9. The number of ether oxygens (including phenoxy) is 1. The van der Waals surface area contributed by atoms with Crippen molar-refractivity contribution in [3.05, 3.63) is 47.3 Å². The van der Waals surface area contributed by atoms with Crippen LogP contribution in [-0.2, 0) is 9.84 Å². The minimum absolute atomic E-state index is 0.264. The first-order valence-corrected chi connectivity index (χ1v) is 8.23. The van der Waals surface area contributed by atoms with Gasteiger partial charge in [-0.1, -0.05) is 24.3 Å². The molecule has 1 aromatic heterocycles. The number of thiophene rings is 1. The summed E-state index contributed by atoms with van der Waals surface area (Å²) in [7, 11) is -1.88. The number of para-hydroxylation sites is 1. The first-order valence-electron chi connectivity index (χ1n) is 5.80. The highest BCUT2D eigenvalue weighted by Gasteiger charge is 2.32. The largest absolute Gasteiger partial charge is 0.496 e. The zero-order valence-electron chi connectivity index (χ0n) is 10.6. The van der Waals surface area contributed by atoms with E-state index in [1.54, 1.807) is 29.6 Å². The Kier molecular flexibility index (Phi) is 4.24. The second kappa shape index (κ2) is 5.73. The van der Waals surface area contributed by atoms with Gasteiger partial charge in [0.25, 0.3) is 0 Å². The summed E-state index contributed by atoms with van der Waals surface area (Å²) in [5.74, 6) is 0.580. The van der Waals surface area contributed by atoms with Crippen molar-refractivity contribution in [2.24, 2.45) is 0 Å². The van der Waals surface area contributed by atoms with Gasteiger partial charge in [-0.2, -0.15) is 0 Å². The van der Waals surface area contributed by atoms with Gasteiger partial charge in [0.1, 0.15) is 15.2 Å². The van der Waals surface area contributed by atoms with Crippen LogP contribution >= 0.6 is 11.3 Å². The van der Waals surface area contributed by atoms with E-state index < -0.39 is 15.1 Å². The lowest BCUT2D eigenvalue weighted by atomic mass is 10.1. The van der Waals surface area contributed by atoms with Gasteiger partial charge < -0.3 is 10.5 Å². The molecule has 0 bridgehead atoms. The topological polar surface area (TPSA) is 71.0 Å². The Morgan fingerprint density at radius 3 is 2.58 bits per heavy atom. The molecule has 0 fully saturated rings. The molecule has 2 aromatic rings. The van der Waals surface area contributed by atoms with Gasteiger partial charge in [0.15, 0.2) is 9.84 Å². The van der Waals surface area contributed by atoms with E-state index in [0.29, 0.717) is 15.5 Å². The van der Waals surface area contributed by atoms with Crippen molar-refractivity contribution in [3.8, 4) is 5.75 Å². The Balaban J connectivity index is 2.52. The molecule has 1 aromatic carbocycles. The van der Waals surface area contributed by atoms with Gasteiger partial charge in [0.05, 0.1) is 13.7 Å². The minimum Gasteiger partial charge on any atom is -0.496 e. The molecule has 6 heteroatoms. The fraction of sp³-hybridized carbons (Fsp3) is 0.231. The molecule has 0 unspecified atom stereocenters. The highest BCUT2D eigenvalue weighted by atomic mass is 32.2. The second-order valence-corrected chi connectivity index (χ2v) is 7.30. The molecule has 0 aliphatic rings. The average Bonchev–Trinajstić information content (AvgIpc) is 2.94. The molecule has 0 saturated carbocycles. The smallest absolute Gasteiger partial charge is 0.200 e. The van der Waals surface area contributed by atoms with E-state index in [2.05, 4.69) is 5.73 Å². The monoisotopic (exact) mass is 298 g/mol. The van der Waals surface area contributed by atoms with Crippen LogP contribution in [0.1, 0.15) is 10.8 Å². The summed E-state index contributed by atoms with van der Waals surface area (Å²) in [6.07, 6.45) is 0. The Morgan fingerprint density at radius 2 is 2.00 bits per heavy atom. The Hall–Kier alpha value is -1.37. The molecule has 102 valence electrons. The summed E-state index contributed by atoms with van der Waals surface area (Å²) in [6, 6.07) is 10.5. The lowest BCUT2D eigenvalue weighted by Gasteiger charge is -2.16. The van der Waals surface area contributed by atoms with Crippen LogP contribution < -0.4 is 10.5 Å². The van der Waals surface area contributed by atoms with E-state index in [9.17, 15) is 8.42 Å². The van der Waals surface area contributed by atoms with Crippen molar-refractivity contribution in [2.45, 2.75) is 9.46 Å². The molecule has 0 radical (unpaired) electrons. The molecule has 0 saturated heterocycles. The van der Waals surface area contributed by atoms with Crippen LogP contribution in [0.2, 0.25) is 0 Å². The quantitative estimate of drug-likeness (QED) is 0.909. The summed E-state index contributed by atoms with van der Waals surface area (Å²) in [5, 5.41) is 1.08. The van der Waals surface area contributed by atoms with Gasteiger partial charge in [-0.05, 0) is 17.5 Å². The van der Waals surface area contributed by atoms with E-state index in [1.165, 1.54) is 18.4 Å². The molecule has 3 N–H and O–H groups in total. The summed E-state index contributed by atoms with van der Waals surface area (Å²) in [5.41, 5.74) is 4.44. The molecule has 0 spiro atoms. The van der Waals surface area contributed by atoms with Crippen LogP contribution in [-0.4, -0.2) is 22.1 Å². The van der Waals surface area contributed by atoms with Crippen LogP contribution in [0.5, 0.6) is 5.75 Å². The Labute approximate surface area is 116 Å². The van der Waals surface area contributed by atoms with E-state index in [-0.39, 0.29) is 6.54 Å². The van der Waals surface area contributed by atoms with E-state index in [4.69, 9.17) is 4.74 Å². The standard InChI is InChI=1S/C13H15NO3S2/c1-17-11-6-3-2-5-10(11)12(9-14)19(15,16)13-7-4-8-18-13/h2-8,12H,9,14H2,1H3/p+1/t12-/m0/s1. The van der Waals surface area contributed by atoms with Crippen LogP contribution in [0.25, 0.3) is 0 Å². The Bertz CT molecular complexity index is 636. The van der Waals surface area contributed by atoms with Gasteiger partial charge in [-0.3, -0.25) is 0 Å². The maximum absolute atomic E-state index is 12.6. The first kappa shape index (κ1) is 14.0. The second-order valence-electron chi connectivity index (χ2n) is 4.00. The highest BCUT2D eigenvalue weighted by molar-refractivity contribution is 7.93. The third kappa shape index (κ3) is 2.65. The molecule has 1 heterocycles. The zero-order valence-corrected chi connectivity index (χ0v) is 12.2. The lowest BCUT2D eigenvalue weighted by Crippen LogP contribution is -2.54. The predicted octanol–water partition coefficient (Wildman–Crippen LogP) is 1.51. The van der Waals surface area contributed by atoms with Crippen molar-refractivity contribution in [1.29, 1.82) is 0 Å². The summed E-state index contributed by atoms with van der Waals surface area (Å²) < 4.78 is 30.8. The maximum atomic E-state index is 12.6. The summed E-state index contributed by atoms with van der Waals surface area (Å²) in [4.78, 5) is 0. The molecule has 2 rings (SSSR count). The number of hydrogen-bond acceptors (Lipinski definition) is 4. The number of hydrogen-bond donors (Lipinski definition) is 1. The number of sulfone groups is 1. The van der Waals surface area contributed by atoms with E-state index in [0.717, 1.165) is 0 Å². The molecule has 19 heavy (non-hydrogen) atoms. The minimum atomic E-state index is -3.42. The first-order chi connectivity index (χ1) is 9.11. The normalized spacial score (nSPS) is 13.2. The van der Waals surface area contributed by atoms with Crippen molar-refractivity contribution < 1.29 is 18.9 Å². The Morgan fingerprint density at radius 1 is 1.26 bits per heavy atom. The number of benzene rings is 1. The van der Waals surface area contributed by atoms with Crippen molar-refractivity contribution in [3.63, 3.8) is 0 Å². The SMILES string of the molecule is COc1ccccc1[C@H](C[NH3+])S(=O)(=O)c1cccs1. The summed E-state index contributed by atoms with van der Waals surface area (Å²) >= 11 is 1.23. The molecular weight excluding hydrogens is 282 g/mol. The van der Waals surface area contributed by atoms with Crippen molar-refractivity contribution in [2.75, 3.05) is 13.7 Å². The van der Waals surface area contributed by atoms with Gasteiger partial charge >= 0.3 is 0 Å². The van der Waals surface area contributed by atoms with Crippen LogP contribution in [0, 0.1) is 0 Å². The van der Waals surface area contributed by atoms with Gasteiger partial charge in [-0.25, -0.2) is 8.42 Å². The van der Waals surface area contributed by atoms with Crippen molar-refractivity contribution >= 4 is 21.2 Å². The molecule has 0 amide bonds. The molecule has 4 nitrogen and oxygen atoms in total. The molecule has 1 atom stereocenters. The summed E-state index contributed by atoms with van der Waals surface area (Å²) in [6.45, 7) is 0.264. The van der Waals surface area contributed by atoms with Gasteiger partial charge in [0, 0.05) is 5.56 Å². The molecule has 0 aliphatic heterocycles. The third-order valence-electron chi connectivity index (χ3n) is 2.90.